The van der Waals surface area contributed by atoms with Crippen LogP contribution in [0, 0.1) is 23.7 Å². The number of benzene rings is 1. The number of aromatic nitrogens is 1. The maximum atomic E-state index is 13.9. The first-order valence-electron chi connectivity index (χ1n) is 14.1. The molecule has 210 valence electrons. The minimum Gasteiger partial charge on any atom is -0.489 e. The van der Waals surface area contributed by atoms with E-state index in [9.17, 15) is 13.2 Å². The molecule has 4 rings (SSSR count). The lowest BCUT2D eigenvalue weighted by Gasteiger charge is -2.48. The molecule has 2 fully saturated rings. The zero-order valence-electron chi connectivity index (χ0n) is 23.4. The van der Waals surface area contributed by atoms with Gasteiger partial charge in [-0.25, -0.2) is 0 Å². The molecular formula is C31H43F3N2O2. The molecule has 1 aromatic carbocycles. The van der Waals surface area contributed by atoms with E-state index < -0.39 is 17.7 Å². The largest absolute Gasteiger partial charge is 0.489 e. The van der Waals surface area contributed by atoms with E-state index in [0.717, 1.165) is 37.2 Å². The van der Waals surface area contributed by atoms with Crippen molar-refractivity contribution in [2.24, 2.45) is 23.7 Å². The summed E-state index contributed by atoms with van der Waals surface area (Å²) in [5.74, 6) is 1.21. The van der Waals surface area contributed by atoms with Crippen LogP contribution >= 0.6 is 0 Å². The van der Waals surface area contributed by atoms with E-state index >= 15 is 0 Å². The summed E-state index contributed by atoms with van der Waals surface area (Å²) in [6.07, 6.45) is -0.188. The van der Waals surface area contributed by atoms with Crippen molar-refractivity contribution in [3.05, 3.63) is 48.0 Å². The number of halogens is 3. The predicted octanol–water partition coefficient (Wildman–Crippen LogP) is 8.45. The summed E-state index contributed by atoms with van der Waals surface area (Å²) in [6, 6.07) is 13.7. The first-order chi connectivity index (χ1) is 17.9. The molecule has 7 heteroatoms. The fourth-order valence-corrected chi connectivity index (χ4v) is 6.29. The number of pyridine rings is 1. The molecule has 2 aromatic rings. The Morgan fingerprint density at radius 1 is 1.00 bits per heavy atom. The molecule has 1 aromatic heterocycles. The predicted molar refractivity (Wildman–Crippen MR) is 146 cm³/mol. The van der Waals surface area contributed by atoms with Crippen molar-refractivity contribution in [2.75, 3.05) is 11.4 Å². The van der Waals surface area contributed by atoms with Crippen LogP contribution in [0.15, 0.2) is 42.5 Å². The Balaban J connectivity index is 1.66. The van der Waals surface area contributed by atoms with Gasteiger partial charge in [0.05, 0.1) is 5.92 Å². The quantitative estimate of drug-likeness (QED) is 0.358. The molecular weight excluding hydrogens is 489 g/mol. The molecule has 4 nitrogen and oxygen atoms in total. The van der Waals surface area contributed by atoms with E-state index in [0.29, 0.717) is 30.6 Å². The van der Waals surface area contributed by atoms with Crippen LogP contribution in [0.1, 0.15) is 78.7 Å². The first-order valence-corrected chi connectivity index (χ1v) is 14.1. The lowest BCUT2D eigenvalue weighted by Crippen LogP contribution is -2.50. The van der Waals surface area contributed by atoms with Crippen molar-refractivity contribution in [2.45, 2.75) is 97.6 Å². The van der Waals surface area contributed by atoms with Crippen LogP contribution in [-0.4, -0.2) is 29.3 Å². The molecule has 1 aliphatic carbocycles. The number of hydrogen-bond acceptors (Lipinski definition) is 4. The summed E-state index contributed by atoms with van der Waals surface area (Å²) in [5.41, 5.74) is 0.607. The topological polar surface area (TPSA) is 34.6 Å². The number of nitrogens with zero attached hydrogens (tertiary/aromatic N) is 2. The summed E-state index contributed by atoms with van der Waals surface area (Å²) in [7, 11) is 0. The molecule has 0 amide bonds. The Morgan fingerprint density at radius 3 is 2.39 bits per heavy atom. The van der Waals surface area contributed by atoms with Gasteiger partial charge in [-0.15, -0.1) is 0 Å². The third-order valence-electron chi connectivity index (χ3n) is 8.03. The molecule has 0 bridgehead atoms. The Labute approximate surface area is 225 Å². The van der Waals surface area contributed by atoms with Gasteiger partial charge < -0.3 is 14.4 Å². The van der Waals surface area contributed by atoms with Gasteiger partial charge in [-0.05, 0) is 82.6 Å². The lowest BCUT2D eigenvalue weighted by molar-refractivity contribution is -0.191. The smallest absolute Gasteiger partial charge is 0.391 e. The monoisotopic (exact) mass is 532 g/mol. The Kier molecular flexibility index (Phi) is 8.83. The molecule has 4 atom stereocenters. The summed E-state index contributed by atoms with van der Waals surface area (Å²) in [4.78, 5) is 7.14. The van der Waals surface area contributed by atoms with E-state index in [4.69, 9.17) is 14.5 Å². The van der Waals surface area contributed by atoms with Crippen molar-refractivity contribution < 1.29 is 22.6 Å². The molecule has 2 aliphatic rings. The fourth-order valence-electron chi connectivity index (χ4n) is 6.29. The van der Waals surface area contributed by atoms with Crippen LogP contribution in [-0.2, 0) is 6.61 Å². The average Bonchev–Trinajstić information content (AvgIpc) is 2.86. The second kappa shape index (κ2) is 11.7. The van der Waals surface area contributed by atoms with E-state index in [1.165, 1.54) is 0 Å². The number of alkyl halides is 3. The first kappa shape index (κ1) is 28.6. The molecule has 3 unspecified atom stereocenters. The highest BCUT2D eigenvalue weighted by atomic mass is 19.4. The van der Waals surface area contributed by atoms with Gasteiger partial charge in [-0.2, -0.15) is 18.2 Å². The standard InChI is InChI=1S/C31H43F3N2O2/c1-21(2)25-15-14-23(31(32,33)34)17-26(25)27-13-9-10-16-36(27)28-18-24(19-29(35-28)38-30(3,4)5)37-20-22-11-7-6-8-12-22/h6-8,11-12,18-19,21,23,25-27H,9-10,13-17,20H2,1-5H3/t23?,25?,26?,27-/m1/s1. The van der Waals surface area contributed by atoms with Crippen LogP contribution in [0.2, 0.25) is 0 Å². The molecule has 1 saturated heterocycles. The number of anilines is 1. The molecule has 0 N–H and O–H groups in total. The number of rotatable bonds is 7. The maximum Gasteiger partial charge on any atom is 0.391 e. The zero-order valence-corrected chi connectivity index (χ0v) is 23.4. The Morgan fingerprint density at radius 2 is 1.74 bits per heavy atom. The van der Waals surface area contributed by atoms with E-state index in [1.807, 2.05) is 63.2 Å². The minimum absolute atomic E-state index is 0.0145. The van der Waals surface area contributed by atoms with E-state index in [1.54, 1.807) is 0 Å². The van der Waals surface area contributed by atoms with Crippen molar-refractivity contribution in [3.8, 4) is 11.6 Å². The summed E-state index contributed by atoms with van der Waals surface area (Å²) in [6.45, 7) is 11.4. The Hall–Kier alpha value is -2.44. The van der Waals surface area contributed by atoms with Crippen LogP contribution in [0.4, 0.5) is 19.0 Å². The lowest BCUT2D eigenvalue weighted by atomic mass is 9.65. The number of ether oxygens (including phenoxy) is 2. The third-order valence-corrected chi connectivity index (χ3v) is 8.03. The number of hydrogen-bond donors (Lipinski definition) is 0. The second-order valence-electron chi connectivity index (χ2n) is 12.4. The summed E-state index contributed by atoms with van der Waals surface area (Å²) < 4.78 is 53.9. The minimum atomic E-state index is -4.14. The molecule has 1 saturated carbocycles. The number of piperidine rings is 1. The van der Waals surface area contributed by atoms with Gasteiger partial charge in [0.15, 0.2) is 0 Å². The van der Waals surface area contributed by atoms with Crippen molar-refractivity contribution >= 4 is 5.82 Å². The average molecular weight is 533 g/mol. The Bertz CT molecular complexity index is 1040. The third kappa shape index (κ3) is 7.35. The van der Waals surface area contributed by atoms with Gasteiger partial charge in [0, 0.05) is 24.7 Å². The normalized spacial score (nSPS) is 24.9. The van der Waals surface area contributed by atoms with Crippen LogP contribution < -0.4 is 14.4 Å². The maximum absolute atomic E-state index is 13.9. The molecule has 38 heavy (non-hydrogen) atoms. The zero-order chi connectivity index (χ0) is 27.5. The van der Waals surface area contributed by atoms with Gasteiger partial charge in [-0.3, -0.25) is 0 Å². The van der Waals surface area contributed by atoms with Gasteiger partial charge in [0.2, 0.25) is 5.88 Å². The van der Waals surface area contributed by atoms with Crippen LogP contribution in [0.3, 0.4) is 0 Å². The molecule has 0 radical (unpaired) electrons. The van der Waals surface area contributed by atoms with Crippen LogP contribution in [0.25, 0.3) is 0 Å². The van der Waals surface area contributed by atoms with Crippen molar-refractivity contribution in [1.29, 1.82) is 0 Å². The highest BCUT2D eigenvalue weighted by Gasteiger charge is 2.48. The van der Waals surface area contributed by atoms with Crippen LogP contribution in [0.5, 0.6) is 11.6 Å². The summed E-state index contributed by atoms with van der Waals surface area (Å²) in [5, 5.41) is 0. The van der Waals surface area contributed by atoms with Gasteiger partial charge in [0.1, 0.15) is 23.8 Å². The molecule has 1 aliphatic heterocycles. The van der Waals surface area contributed by atoms with Crippen molar-refractivity contribution in [1.82, 2.24) is 4.98 Å². The molecule has 0 spiro atoms. The summed E-state index contributed by atoms with van der Waals surface area (Å²) >= 11 is 0. The second-order valence-corrected chi connectivity index (χ2v) is 12.4. The van der Waals surface area contributed by atoms with Gasteiger partial charge >= 0.3 is 6.18 Å². The SMILES string of the molecule is CC(C)C1CCC(C(F)(F)F)CC1[C@H]1CCCCN1c1cc(OCc2ccccc2)cc(OC(C)(C)C)n1. The highest BCUT2D eigenvalue weighted by Crippen LogP contribution is 2.48. The van der Waals surface area contributed by atoms with Gasteiger partial charge in [-0.1, -0.05) is 44.2 Å². The highest BCUT2D eigenvalue weighted by molar-refractivity contribution is 5.49. The van der Waals surface area contributed by atoms with Gasteiger partial charge in [0.25, 0.3) is 0 Å². The molecule has 2 heterocycles. The van der Waals surface area contributed by atoms with E-state index in [2.05, 4.69) is 18.7 Å². The van der Waals surface area contributed by atoms with Crippen molar-refractivity contribution in [3.63, 3.8) is 0 Å². The fraction of sp³-hybridized carbons (Fsp3) is 0.645. The van der Waals surface area contributed by atoms with E-state index in [-0.39, 0.29) is 30.7 Å².